The Morgan fingerprint density at radius 1 is 1.06 bits per heavy atom. The lowest BCUT2D eigenvalue weighted by Gasteiger charge is -2.24. The molecule has 2 aromatic carbocycles. The number of nitro benzene ring substituents is 1. The molecule has 0 aliphatic carbocycles. The first-order valence-corrected chi connectivity index (χ1v) is 9.52. The van der Waals surface area contributed by atoms with Crippen LogP contribution in [0.3, 0.4) is 0 Å². The van der Waals surface area contributed by atoms with E-state index in [9.17, 15) is 19.7 Å². The molecule has 31 heavy (non-hydrogen) atoms. The van der Waals surface area contributed by atoms with Crippen LogP contribution in [0.15, 0.2) is 76.1 Å². The van der Waals surface area contributed by atoms with Crippen molar-refractivity contribution in [3.63, 3.8) is 0 Å². The first-order chi connectivity index (χ1) is 15.0. The minimum Gasteiger partial charge on any atom is -0.450 e. The average molecular weight is 413 g/mol. The van der Waals surface area contributed by atoms with Crippen LogP contribution in [0, 0.1) is 17.0 Å². The molecule has 8 nitrogen and oxygen atoms in total. The molecule has 2 aromatic heterocycles. The number of aromatic nitrogens is 1. The van der Waals surface area contributed by atoms with Crippen molar-refractivity contribution >= 4 is 28.4 Å². The third-order valence-electron chi connectivity index (χ3n) is 5.34. The van der Waals surface area contributed by atoms with Gasteiger partial charge >= 0.3 is 0 Å². The van der Waals surface area contributed by atoms with Crippen LogP contribution in [0.2, 0.25) is 0 Å². The first kappa shape index (κ1) is 18.7. The van der Waals surface area contributed by atoms with Gasteiger partial charge < -0.3 is 4.42 Å². The monoisotopic (exact) mass is 413 g/mol. The van der Waals surface area contributed by atoms with Crippen LogP contribution in [0.5, 0.6) is 0 Å². The molecule has 1 atom stereocenters. The highest BCUT2D eigenvalue weighted by Gasteiger charge is 2.44. The maximum Gasteiger partial charge on any atom is 0.296 e. The van der Waals surface area contributed by atoms with E-state index in [1.165, 1.54) is 17.0 Å². The summed E-state index contributed by atoms with van der Waals surface area (Å²) in [7, 11) is 0. The van der Waals surface area contributed by atoms with Crippen LogP contribution in [-0.2, 0) is 0 Å². The maximum absolute atomic E-state index is 13.5. The van der Waals surface area contributed by atoms with E-state index in [1.54, 1.807) is 54.7 Å². The van der Waals surface area contributed by atoms with Crippen LogP contribution >= 0.6 is 0 Å². The van der Waals surface area contributed by atoms with Crippen molar-refractivity contribution in [3.05, 3.63) is 110 Å². The Morgan fingerprint density at radius 2 is 1.84 bits per heavy atom. The number of nitro groups is 1. The molecule has 0 bridgehead atoms. The summed E-state index contributed by atoms with van der Waals surface area (Å²) in [6, 6.07) is 15.3. The Hall–Kier alpha value is -4.33. The van der Waals surface area contributed by atoms with Crippen molar-refractivity contribution in [2.24, 2.45) is 0 Å². The van der Waals surface area contributed by atoms with Gasteiger partial charge in [-0.2, -0.15) is 0 Å². The number of hydrogen-bond donors (Lipinski definition) is 0. The molecule has 0 spiro atoms. The van der Waals surface area contributed by atoms with Crippen molar-refractivity contribution in [2.45, 2.75) is 13.0 Å². The van der Waals surface area contributed by atoms with Crippen molar-refractivity contribution in [1.82, 2.24) is 4.98 Å². The molecular weight excluding hydrogens is 398 g/mol. The Morgan fingerprint density at radius 3 is 2.52 bits per heavy atom. The van der Waals surface area contributed by atoms with Gasteiger partial charge in [-0.3, -0.25) is 24.6 Å². The predicted octanol–water partition coefficient (Wildman–Crippen LogP) is 4.15. The maximum atomic E-state index is 13.5. The van der Waals surface area contributed by atoms with Gasteiger partial charge in [0.2, 0.25) is 5.76 Å². The number of rotatable bonds is 3. The average Bonchev–Trinajstić information content (AvgIpc) is 3.07. The number of anilines is 1. The van der Waals surface area contributed by atoms with E-state index in [1.807, 2.05) is 6.92 Å². The molecule has 0 radical (unpaired) electrons. The number of pyridine rings is 1. The molecule has 1 unspecified atom stereocenters. The summed E-state index contributed by atoms with van der Waals surface area (Å²) in [6.07, 6.45) is 1.55. The number of amides is 1. The lowest BCUT2D eigenvalue weighted by atomic mass is 9.98. The van der Waals surface area contributed by atoms with E-state index in [0.29, 0.717) is 22.4 Å². The molecule has 0 fully saturated rings. The largest absolute Gasteiger partial charge is 0.450 e. The second-order valence-electron chi connectivity index (χ2n) is 7.29. The second-order valence-corrected chi connectivity index (χ2v) is 7.29. The number of carbonyl (C=O) groups excluding carboxylic acids is 1. The van der Waals surface area contributed by atoms with Gasteiger partial charge in [0.05, 0.1) is 21.9 Å². The summed E-state index contributed by atoms with van der Waals surface area (Å²) >= 11 is 0. The number of carbonyl (C=O) groups is 1. The summed E-state index contributed by atoms with van der Waals surface area (Å²) in [6.45, 7) is 1.87. The van der Waals surface area contributed by atoms with Gasteiger partial charge in [0, 0.05) is 18.3 Å². The number of non-ortho nitro benzene ring substituents is 1. The Bertz CT molecular complexity index is 1410. The summed E-state index contributed by atoms with van der Waals surface area (Å²) in [5.74, 6) is -0.186. The van der Waals surface area contributed by atoms with E-state index in [4.69, 9.17) is 4.42 Å². The zero-order chi connectivity index (χ0) is 21.7. The van der Waals surface area contributed by atoms with Gasteiger partial charge in [-0.05, 0) is 48.9 Å². The van der Waals surface area contributed by atoms with E-state index in [-0.39, 0.29) is 22.4 Å². The fourth-order valence-corrected chi connectivity index (χ4v) is 3.91. The zero-order valence-electron chi connectivity index (χ0n) is 16.3. The quantitative estimate of drug-likeness (QED) is 0.369. The minimum atomic E-state index is -0.820. The molecular formula is C23H15N3O5. The second kappa shape index (κ2) is 6.88. The normalized spacial score (nSPS) is 15.3. The van der Waals surface area contributed by atoms with Gasteiger partial charge in [-0.25, -0.2) is 4.98 Å². The lowest BCUT2D eigenvalue weighted by Crippen LogP contribution is -2.30. The fraction of sp³-hybridized carbons (Fsp3) is 0.0870. The highest BCUT2D eigenvalue weighted by Crippen LogP contribution is 2.40. The molecule has 0 saturated carbocycles. The molecule has 0 saturated heterocycles. The molecule has 0 N–H and O–H groups in total. The molecule has 1 amide bonds. The van der Waals surface area contributed by atoms with Gasteiger partial charge in [-0.15, -0.1) is 0 Å². The SMILES string of the molecule is Cc1ccc2oc3c(c(=O)c2c1)C(c1ccc([N+](=O)[O-])cc1)N(c1ccccn1)C3=O. The Kier molecular flexibility index (Phi) is 4.14. The van der Waals surface area contributed by atoms with Crippen molar-refractivity contribution in [3.8, 4) is 0 Å². The summed E-state index contributed by atoms with van der Waals surface area (Å²) in [4.78, 5) is 43.1. The zero-order valence-corrected chi connectivity index (χ0v) is 16.3. The van der Waals surface area contributed by atoms with Gasteiger partial charge in [0.1, 0.15) is 11.4 Å². The smallest absolute Gasteiger partial charge is 0.296 e. The molecule has 8 heteroatoms. The third kappa shape index (κ3) is 2.88. The van der Waals surface area contributed by atoms with Crippen molar-refractivity contribution in [2.75, 3.05) is 4.90 Å². The number of nitrogens with zero attached hydrogens (tertiary/aromatic N) is 3. The molecule has 1 aliphatic heterocycles. The van der Waals surface area contributed by atoms with E-state index >= 15 is 0 Å². The fourth-order valence-electron chi connectivity index (χ4n) is 3.91. The van der Waals surface area contributed by atoms with Crippen LogP contribution in [-0.4, -0.2) is 15.8 Å². The van der Waals surface area contributed by atoms with Gasteiger partial charge in [-0.1, -0.05) is 17.7 Å². The number of hydrogen-bond acceptors (Lipinski definition) is 6. The summed E-state index contributed by atoms with van der Waals surface area (Å²) in [5, 5.41) is 11.4. The molecule has 3 heterocycles. The van der Waals surface area contributed by atoms with E-state index in [0.717, 1.165) is 5.56 Å². The van der Waals surface area contributed by atoms with Crippen molar-refractivity contribution in [1.29, 1.82) is 0 Å². The van der Waals surface area contributed by atoms with Crippen LogP contribution in [0.4, 0.5) is 11.5 Å². The standard InChI is InChI=1S/C23H15N3O5/c1-13-5-10-17-16(12-13)21(27)19-20(14-6-8-15(9-7-14)26(29)30)25(23(28)22(19)31-17)18-4-2-3-11-24-18/h2-12,20H,1H3. The molecule has 4 aromatic rings. The first-order valence-electron chi connectivity index (χ1n) is 9.52. The van der Waals surface area contributed by atoms with E-state index < -0.39 is 16.9 Å². The Labute approximate surface area is 175 Å². The van der Waals surface area contributed by atoms with Crippen molar-refractivity contribution < 1.29 is 14.1 Å². The highest BCUT2D eigenvalue weighted by atomic mass is 16.6. The summed E-state index contributed by atoms with van der Waals surface area (Å²) in [5.41, 5.74) is 1.56. The van der Waals surface area contributed by atoms with E-state index in [2.05, 4.69) is 4.98 Å². The number of benzene rings is 2. The molecule has 152 valence electrons. The molecule has 5 rings (SSSR count). The van der Waals surface area contributed by atoms with Crippen LogP contribution < -0.4 is 10.3 Å². The van der Waals surface area contributed by atoms with Crippen LogP contribution in [0.25, 0.3) is 11.0 Å². The lowest BCUT2D eigenvalue weighted by molar-refractivity contribution is -0.384. The Balaban J connectivity index is 1.79. The highest BCUT2D eigenvalue weighted by molar-refractivity contribution is 6.10. The van der Waals surface area contributed by atoms with Gasteiger partial charge in [0.15, 0.2) is 5.43 Å². The number of fused-ring (bicyclic) bond motifs is 2. The topological polar surface area (TPSA) is 107 Å². The number of aryl methyl sites for hydroxylation is 1. The third-order valence-corrected chi connectivity index (χ3v) is 5.34. The molecule has 1 aliphatic rings. The minimum absolute atomic E-state index is 0.0460. The summed E-state index contributed by atoms with van der Waals surface area (Å²) < 4.78 is 5.89. The van der Waals surface area contributed by atoms with Gasteiger partial charge in [0.25, 0.3) is 11.6 Å². The van der Waals surface area contributed by atoms with Crippen LogP contribution in [0.1, 0.15) is 33.3 Å². The predicted molar refractivity (Wildman–Crippen MR) is 113 cm³/mol.